The van der Waals surface area contributed by atoms with Gasteiger partial charge < -0.3 is 10.2 Å². The van der Waals surface area contributed by atoms with Gasteiger partial charge in [-0.25, -0.2) is 0 Å². The maximum atomic E-state index is 11.1. The molecule has 2 rings (SSSR count). The first kappa shape index (κ1) is 13.8. The third-order valence-electron chi connectivity index (χ3n) is 3.66. The van der Waals surface area contributed by atoms with Gasteiger partial charge in [0.25, 0.3) is 5.69 Å². The summed E-state index contributed by atoms with van der Waals surface area (Å²) in [4.78, 5) is 13.2. The number of rotatable bonds is 4. The first-order valence-corrected chi connectivity index (χ1v) is 6.84. The number of nitrogens with one attached hydrogen (secondary N) is 1. The lowest BCUT2D eigenvalue weighted by molar-refractivity contribution is -0.384. The van der Waals surface area contributed by atoms with E-state index >= 15 is 0 Å². The van der Waals surface area contributed by atoms with E-state index in [2.05, 4.69) is 17.1 Å². The second kappa shape index (κ2) is 6.02. The zero-order valence-corrected chi connectivity index (χ0v) is 11.6. The normalized spacial score (nSPS) is 20.2. The van der Waals surface area contributed by atoms with Crippen LogP contribution in [0.2, 0.25) is 0 Å². The second-order valence-electron chi connectivity index (χ2n) is 5.15. The van der Waals surface area contributed by atoms with E-state index in [-0.39, 0.29) is 10.6 Å². The molecule has 1 saturated heterocycles. The number of hydrogen-bond donors (Lipinski definition) is 1. The molecular formula is C14H21N3O2. The maximum Gasteiger partial charge on any atom is 0.292 e. The van der Waals surface area contributed by atoms with Gasteiger partial charge in [0.15, 0.2) is 0 Å². The number of anilines is 1. The quantitative estimate of drug-likeness (QED) is 0.670. The molecule has 0 aliphatic carbocycles. The van der Waals surface area contributed by atoms with Gasteiger partial charge in [0, 0.05) is 18.7 Å². The summed E-state index contributed by atoms with van der Waals surface area (Å²) >= 11 is 0. The fourth-order valence-electron chi connectivity index (χ4n) is 2.60. The number of aryl methyl sites for hydroxylation is 1. The second-order valence-corrected chi connectivity index (χ2v) is 5.15. The lowest BCUT2D eigenvalue weighted by Gasteiger charge is -2.32. The van der Waals surface area contributed by atoms with E-state index in [9.17, 15) is 10.1 Å². The van der Waals surface area contributed by atoms with Crippen LogP contribution in [0.5, 0.6) is 0 Å². The van der Waals surface area contributed by atoms with Gasteiger partial charge in [-0.15, -0.1) is 0 Å². The Morgan fingerprint density at radius 2 is 2.32 bits per heavy atom. The summed E-state index contributed by atoms with van der Waals surface area (Å²) in [5, 5.41) is 14.4. The van der Waals surface area contributed by atoms with Crippen LogP contribution in [0.1, 0.15) is 25.3 Å². The SMILES string of the molecule is CCN1CCCC(Nc2ccc(C)cc2[N+](=O)[O-])C1. The van der Waals surface area contributed by atoms with Gasteiger partial charge in [0.1, 0.15) is 5.69 Å². The van der Waals surface area contributed by atoms with Crippen LogP contribution in [0.3, 0.4) is 0 Å². The summed E-state index contributed by atoms with van der Waals surface area (Å²) in [6.07, 6.45) is 2.21. The molecule has 1 aromatic rings. The monoisotopic (exact) mass is 263 g/mol. The van der Waals surface area contributed by atoms with E-state index in [0.29, 0.717) is 11.7 Å². The van der Waals surface area contributed by atoms with Gasteiger partial charge in [-0.05, 0) is 44.5 Å². The van der Waals surface area contributed by atoms with Gasteiger partial charge in [0.2, 0.25) is 0 Å². The predicted molar refractivity (Wildman–Crippen MR) is 76.6 cm³/mol. The van der Waals surface area contributed by atoms with Crippen LogP contribution in [-0.4, -0.2) is 35.5 Å². The van der Waals surface area contributed by atoms with E-state index in [1.165, 1.54) is 0 Å². The fraction of sp³-hybridized carbons (Fsp3) is 0.571. The van der Waals surface area contributed by atoms with Crippen LogP contribution in [0.25, 0.3) is 0 Å². The first-order chi connectivity index (χ1) is 9.10. The average Bonchev–Trinajstić information content (AvgIpc) is 2.41. The molecule has 0 spiro atoms. The lowest BCUT2D eigenvalue weighted by atomic mass is 10.0. The molecule has 0 amide bonds. The zero-order valence-electron chi connectivity index (χ0n) is 11.6. The highest BCUT2D eigenvalue weighted by molar-refractivity contribution is 5.63. The Labute approximate surface area is 113 Å². The number of nitro groups is 1. The molecule has 1 aromatic carbocycles. The minimum absolute atomic E-state index is 0.175. The van der Waals surface area contributed by atoms with Gasteiger partial charge in [-0.1, -0.05) is 13.0 Å². The van der Waals surface area contributed by atoms with Crippen LogP contribution < -0.4 is 5.32 Å². The van der Waals surface area contributed by atoms with E-state index in [4.69, 9.17) is 0 Å². The van der Waals surface area contributed by atoms with Crippen LogP contribution in [-0.2, 0) is 0 Å². The first-order valence-electron chi connectivity index (χ1n) is 6.84. The van der Waals surface area contributed by atoms with Gasteiger partial charge in [0.05, 0.1) is 4.92 Å². The van der Waals surface area contributed by atoms with Crippen molar-refractivity contribution >= 4 is 11.4 Å². The summed E-state index contributed by atoms with van der Waals surface area (Å²) in [6.45, 7) is 7.15. The summed E-state index contributed by atoms with van der Waals surface area (Å²) in [6, 6.07) is 5.66. The molecule has 0 saturated carbocycles. The Balaban J connectivity index is 2.12. The van der Waals surface area contributed by atoms with Crippen molar-refractivity contribution in [3.63, 3.8) is 0 Å². The Hall–Kier alpha value is -1.62. The summed E-state index contributed by atoms with van der Waals surface area (Å²) in [5.41, 5.74) is 1.73. The minimum Gasteiger partial charge on any atom is -0.375 e. The van der Waals surface area contributed by atoms with Crippen molar-refractivity contribution in [3.8, 4) is 0 Å². The van der Waals surface area contributed by atoms with Gasteiger partial charge in [-0.3, -0.25) is 10.1 Å². The maximum absolute atomic E-state index is 11.1. The number of piperidine rings is 1. The molecule has 0 bridgehead atoms. The molecule has 1 aliphatic rings. The van der Waals surface area contributed by atoms with Crippen molar-refractivity contribution in [1.29, 1.82) is 0 Å². The Kier molecular flexibility index (Phi) is 4.37. The molecule has 1 heterocycles. The Morgan fingerprint density at radius 3 is 3.00 bits per heavy atom. The van der Waals surface area contributed by atoms with Crippen molar-refractivity contribution < 1.29 is 4.92 Å². The molecule has 1 fully saturated rings. The molecule has 1 N–H and O–H groups in total. The molecule has 1 aliphatic heterocycles. The summed E-state index contributed by atoms with van der Waals surface area (Å²) < 4.78 is 0. The van der Waals surface area contributed by atoms with Crippen molar-refractivity contribution in [2.75, 3.05) is 25.0 Å². The van der Waals surface area contributed by atoms with Crippen molar-refractivity contribution in [3.05, 3.63) is 33.9 Å². The molecule has 1 unspecified atom stereocenters. The standard InChI is InChI=1S/C14H21N3O2/c1-3-16-8-4-5-12(10-16)15-13-7-6-11(2)9-14(13)17(18)19/h6-7,9,12,15H,3-5,8,10H2,1-2H3. The molecule has 104 valence electrons. The molecule has 0 aromatic heterocycles. The third kappa shape index (κ3) is 3.44. The van der Waals surface area contributed by atoms with Gasteiger partial charge >= 0.3 is 0 Å². The molecular weight excluding hydrogens is 242 g/mol. The predicted octanol–water partition coefficient (Wildman–Crippen LogP) is 2.80. The third-order valence-corrected chi connectivity index (χ3v) is 3.66. The molecule has 0 radical (unpaired) electrons. The molecule has 5 nitrogen and oxygen atoms in total. The number of nitro benzene ring substituents is 1. The van der Waals surface area contributed by atoms with Crippen LogP contribution >= 0.6 is 0 Å². The van der Waals surface area contributed by atoms with Gasteiger partial charge in [-0.2, -0.15) is 0 Å². The van der Waals surface area contributed by atoms with Crippen molar-refractivity contribution in [2.45, 2.75) is 32.7 Å². The summed E-state index contributed by atoms with van der Waals surface area (Å²) in [7, 11) is 0. The molecule has 5 heteroatoms. The number of benzene rings is 1. The number of hydrogen-bond acceptors (Lipinski definition) is 4. The average molecular weight is 263 g/mol. The Bertz CT molecular complexity index is 462. The number of nitrogens with zero attached hydrogens (tertiary/aromatic N) is 2. The van der Waals surface area contributed by atoms with E-state index in [1.807, 2.05) is 19.1 Å². The summed E-state index contributed by atoms with van der Waals surface area (Å²) in [5.74, 6) is 0. The Morgan fingerprint density at radius 1 is 1.53 bits per heavy atom. The van der Waals surface area contributed by atoms with Crippen LogP contribution in [0, 0.1) is 17.0 Å². The van der Waals surface area contributed by atoms with E-state index in [1.54, 1.807) is 6.07 Å². The van der Waals surface area contributed by atoms with E-state index < -0.39 is 0 Å². The fourth-order valence-corrected chi connectivity index (χ4v) is 2.60. The highest BCUT2D eigenvalue weighted by atomic mass is 16.6. The number of likely N-dealkylation sites (tertiary alicyclic amines) is 1. The highest BCUT2D eigenvalue weighted by Crippen LogP contribution is 2.27. The van der Waals surface area contributed by atoms with E-state index in [0.717, 1.165) is 38.0 Å². The zero-order chi connectivity index (χ0) is 13.8. The number of likely N-dealkylation sites (N-methyl/N-ethyl adjacent to an activating group) is 1. The topological polar surface area (TPSA) is 58.4 Å². The van der Waals surface area contributed by atoms with Crippen LogP contribution in [0.4, 0.5) is 11.4 Å². The van der Waals surface area contributed by atoms with Crippen molar-refractivity contribution in [2.24, 2.45) is 0 Å². The largest absolute Gasteiger partial charge is 0.375 e. The minimum atomic E-state index is -0.310. The van der Waals surface area contributed by atoms with Crippen LogP contribution in [0.15, 0.2) is 18.2 Å². The highest BCUT2D eigenvalue weighted by Gasteiger charge is 2.21. The smallest absolute Gasteiger partial charge is 0.292 e. The lowest BCUT2D eigenvalue weighted by Crippen LogP contribution is -2.41. The van der Waals surface area contributed by atoms with Crippen molar-refractivity contribution in [1.82, 2.24) is 4.90 Å². The molecule has 19 heavy (non-hydrogen) atoms. The molecule has 1 atom stereocenters.